The third-order valence-corrected chi connectivity index (χ3v) is 6.49. The highest BCUT2D eigenvalue weighted by atomic mass is 16.5. The van der Waals surface area contributed by atoms with Crippen molar-refractivity contribution in [3.8, 4) is 5.75 Å². The maximum absolute atomic E-state index is 12.2. The Labute approximate surface area is 171 Å². The first-order valence-electron chi connectivity index (χ1n) is 11.7. The van der Waals surface area contributed by atoms with E-state index in [0.717, 1.165) is 56.8 Å². The summed E-state index contributed by atoms with van der Waals surface area (Å²) in [6, 6.07) is 8.58. The molecule has 0 heterocycles. The lowest BCUT2D eigenvalue weighted by molar-refractivity contribution is -0.151. The predicted octanol–water partition coefficient (Wildman–Crippen LogP) is 6.80. The first-order chi connectivity index (χ1) is 13.8. The van der Waals surface area contributed by atoms with E-state index in [9.17, 15) is 4.79 Å². The van der Waals surface area contributed by atoms with Crippen LogP contribution in [0, 0.1) is 5.92 Å². The monoisotopic (exact) mass is 386 g/mol. The van der Waals surface area contributed by atoms with Crippen LogP contribution < -0.4 is 4.74 Å². The molecule has 0 N–H and O–H groups in total. The molecule has 1 aromatic rings. The molecule has 1 aromatic carbocycles. The predicted molar refractivity (Wildman–Crippen MR) is 114 cm³/mol. The summed E-state index contributed by atoms with van der Waals surface area (Å²) in [6.07, 6.45) is 15.0. The zero-order valence-corrected chi connectivity index (χ0v) is 17.7. The molecule has 0 spiro atoms. The average Bonchev–Trinajstić information content (AvgIpc) is 2.74. The van der Waals surface area contributed by atoms with Gasteiger partial charge in [-0.3, -0.25) is 4.79 Å². The number of carbonyl (C=O) groups is 1. The highest BCUT2D eigenvalue weighted by molar-refractivity contribution is 5.69. The van der Waals surface area contributed by atoms with Crippen LogP contribution in [0.2, 0.25) is 0 Å². The van der Waals surface area contributed by atoms with E-state index in [2.05, 4.69) is 31.2 Å². The van der Waals surface area contributed by atoms with Gasteiger partial charge in [-0.1, -0.05) is 57.6 Å². The van der Waals surface area contributed by atoms with Gasteiger partial charge in [0.25, 0.3) is 0 Å². The zero-order valence-electron chi connectivity index (χ0n) is 17.7. The molecule has 0 saturated heterocycles. The molecule has 3 rings (SSSR count). The van der Waals surface area contributed by atoms with E-state index in [0.29, 0.717) is 12.3 Å². The quantitative estimate of drug-likeness (QED) is 0.346. The zero-order chi connectivity index (χ0) is 19.6. The minimum atomic E-state index is -0.0159. The van der Waals surface area contributed by atoms with Crippen LogP contribution in [0.15, 0.2) is 24.3 Å². The summed E-state index contributed by atoms with van der Waals surface area (Å²) >= 11 is 0. The highest BCUT2D eigenvalue weighted by Crippen LogP contribution is 2.36. The van der Waals surface area contributed by atoms with Crippen molar-refractivity contribution in [3.63, 3.8) is 0 Å². The van der Waals surface area contributed by atoms with Crippen molar-refractivity contribution in [1.82, 2.24) is 0 Å². The van der Waals surface area contributed by atoms with E-state index in [4.69, 9.17) is 9.47 Å². The Balaban J connectivity index is 1.52. The largest absolute Gasteiger partial charge is 0.493 e. The van der Waals surface area contributed by atoms with Crippen LogP contribution in [0.5, 0.6) is 5.75 Å². The molecular weight excluding hydrogens is 348 g/mol. The fraction of sp³-hybridized carbons (Fsp3) is 0.720. The van der Waals surface area contributed by atoms with Crippen molar-refractivity contribution in [2.24, 2.45) is 5.92 Å². The van der Waals surface area contributed by atoms with Crippen molar-refractivity contribution in [1.29, 1.82) is 0 Å². The molecule has 3 heteroatoms. The Morgan fingerprint density at radius 1 is 0.929 bits per heavy atom. The topological polar surface area (TPSA) is 35.5 Å². The molecule has 2 atom stereocenters. The molecular formula is C25H38O3. The van der Waals surface area contributed by atoms with Gasteiger partial charge in [-0.25, -0.2) is 0 Å². The molecule has 2 unspecified atom stereocenters. The Bertz CT molecular complexity index is 574. The first-order valence-corrected chi connectivity index (χ1v) is 11.7. The van der Waals surface area contributed by atoms with Crippen LogP contribution in [0.4, 0.5) is 0 Å². The first kappa shape index (κ1) is 21.2. The van der Waals surface area contributed by atoms with Crippen molar-refractivity contribution < 1.29 is 14.3 Å². The second-order valence-electron chi connectivity index (χ2n) is 8.76. The number of rotatable bonds is 9. The van der Waals surface area contributed by atoms with Crippen LogP contribution >= 0.6 is 0 Å². The lowest BCUT2D eigenvalue weighted by atomic mass is 9.81. The molecule has 2 aliphatic rings. The third-order valence-electron chi connectivity index (χ3n) is 6.49. The van der Waals surface area contributed by atoms with Crippen molar-refractivity contribution in [2.45, 2.75) is 102 Å². The van der Waals surface area contributed by atoms with Gasteiger partial charge in [-0.2, -0.15) is 0 Å². The second kappa shape index (κ2) is 11.5. The highest BCUT2D eigenvalue weighted by Gasteiger charge is 2.29. The lowest BCUT2D eigenvalue weighted by Crippen LogP contribution is -2.28. The lowest BCUT2D eigenvalue weighted by Gasteiger charge is -2.31. The average molecular weight is 387 g/mol. The van der Waals surface area contributed by atoms with Crippen molar-refractivity contribution in [2.75, 3.05) is 6.61 Å². The summed E-state index contributed by atoms with van der Waals surface area (Å²) in [7, 11) is 0. The molecule has 2 fully saturated rings. The number of unbranched alkanes of at least 4 members (excludes halogenated alkanes) is 2. The molecule has 3 nitrogen and oxygen atoms in total. The Morgan fingerprint density at radius 3 is 2.39 bits per heavy atom. The maximum Gasteiger partial charge on any atom is 0.306 e. The molecule has 0 radical (unpaired) electrons. The van der Waals surface area contributed by atoms with Gasteiger partial charge in [-0.15, -0.1) is 0 Å². The maximum atomic E-state index is 12.2. The Kier molecular flexibility index (Phi) is 8.70. The standard InChI is InChI=1S/C25H38O3/c1-2-3-5-14-25(26)28-24-13-9-8-12-23(24)21-15-17-22(18-16-21)27-19-20-10-6-4-7-11-20/h15-18,20,23-24H,2-14,19H2,1H3. The van der Waals surface area contributed by atoms with Crippen LogP contribution in [0.1, 0.15) is 102 Å². The van der Waals surface area contributed by atoms with Crippen LogP contribution in [-0.2, 0) is 9.53 Å². The summed E-state index contributed by atoms with van der Waals surface area (Å²) in [5.74, 6) is 2.01. The van der Waals surface area contributed by atoms with E-state index >= 15 is 0 Å². The van der Waals surface area contributed by atoms with Crippen molar-refractivity contribution >= 4 is 5.97 Å². The molecule has 2 aliphatic carbocycles. The molecule has 28 heavy (non-hydrogen) atoms. The molecule has 156 valence electrons. The van der Waals surface area contributed by atoms with Gasteiger partial charge in [-0.05, 0) is 62.1 Å². The second-order valence-corrected chi connectivity index (χ2v) is 8.76. The smallest absolute Gasteiger partial charge is 0.306 e. The number of esters is 1. The summed E-state index contributed by atoms with van der Waals surface area (Å²) < 4.78 is 11.9. The van der Waals surface area contributed by atoms with E-state index in [1.165, 1.54) is 44.1 Å². The summed E-state index contributed by atoms with van der Waals surface area (Å²) in [6.45, 7) is 3.01. The van der Waals surface area contributed by atoms with Gasteiger partial charge in [0.05, 0.1) is 6.61 Å². The number of benzene rings is 1. The summed E-state index contributed by atoms with van der Waals surface area (Å²) in [4.78, 5) is 12.2. The summed E-state index contributed by atoms with van der Waals surface area (Å²) in [5.41, 5.74) is 1.29. The minimum Gasteiger partial charge on any atom is -0.493 e. The number of carbonyl (C=O) groups excluding carboxylic acids is 1. The van der Waals surface area contributed by atoms with E-state index < -0.39 is 0 Å². The normalized spacial score (nSPS) is 23.3. The molecule has 0 bridgehead atoms. The molecule has 0 aromatic heterocycles. The number of ether oxygens (including phenoxy) is 2. The molecule has 0 amide bonds. The van der Waals surface area contributed by atoms with E-state index in [1.807, 2.05) is 0 Å². The van der Waals surface area contributed by atoms with Crippen LogP contribution in [0.3, 0.4) is 0 Å². The molecule has 2 saturated carbocycles. The van der Waals surface area contributed by atoms with Gasteiger partial charge < -0.3 is 9.47 Å². The fourth-order valence-electron chi connectivity index (χ4n) is 4.75. The minimum absolute atomic E-state index is 0.0159. The van der Waals surface area contributed by atoms with Gasteiger partial charge in [0.1, 0.15) is 11.9 Å². The third kappa shape index (κ3) is 6.53. The van der Waals surface area contributed by atoms with Crippen LogP contribution in [-0.4, -0.2) is 18.7 Å². The van der Waals surface area contributed by atoms with Crippen molar-refractivity contribution in [3.05, 3.63) is 29.8 Å². The molecule has 0 aliphatic heterocycles. The van der Waals surface area contributed by atoms with Crippen LogP contribution in [0.25, 0.3) is 0 Å². The Morgan fingerprint density at radius 2 is 1.64 bits per heavy atom. The fourth-order valence-corrected chi connectivity index (χ4v) is 4.75. The Hall–Kier alpha value is -1.51. The SMILES string of the molecule is CCCCCC(=O)OC1CCCCC1c1ccc(OCC2CCCCC2)cc1. The van der Waals surface area contributed by atoms with E-state index in [-0.39, 0.29) is 12.1 Å². The van der Waals surface area contributed by atoms with Gasteiger partial charge in [0.2, 0.25) is 0 Å². The number of hydrogen-bond acceptors (Lipinski definition) is 3. The van der Waals surface area contributed by atoms with Gasteiger partial charge in [0, 0.05) is 12.3 Å². The van der Waals surface area contributed by atoms with Gasteiger partial charge >= 0.3 is 5.97 Å². The summed E-state index contributed by atoms with van der Waals surface area (Å²) in [5, 5.41) is 0. The van der Waals surface area contributed by atoms with E-state index in [1.54, 1.807) is 0 Å². The number of hydrogen-bond donors (Lipinski definition) is 0. The van der Waals surface area contributed by atoms with Gasteiger partial charge in [0.15, 0.2) is 0 Å².